The van der Waals surface area contributed by atoms with Crippen molar-refractivity contribution < 1.29 is 17.9 Å². The number of aromatic amines is 1. The molecule has 4 aliphatic rings. The largest absolute Gasteiger partial charge is 0.484 e. The van der Waals surface area contributed by atoms with Gasteiger partial charge in [-0.2, -0.15) is 5.10 Å². The van der Waals surface area contributed by atoms with E-state index in [1.807, 2.05) is 6.07 Å². The standard InChI is InChI=1S/C20H22N6O4S/c1-11-10-29-6-5-26(11)19-16-17(20(31(2,27)28)7-12(8-20)30-16)23-18(24-19)15-13-3-4-21-14(13)9-22-25-15/h3-4,9,11-12,21H,5-8,10H2,1-2H3/t11-,12?,20?/m1/s1. The fourth-order valence-corrected chi connectivity index (χ4v) is 6.32. The fourth-order valence-electron chi connectivity index (χ4n) is 4.85. The van der Waals surface area contributed by atoms with Crippen molar-refractivity contribution in [2.45, 2.75) is 36.7 Å². The number of nitrogens with zero attached hydrogens (tertiary/aromatic N) is 5. The predicted molar refractivity (Wildman–Crippen MR) is 113 cm³/mol. The molecule has 0 aromatic carbocycles. The lowest BCUT2D eigenvalue weighted by atomic mass is 9.76. The zero-order chi connectivity index (χ0) is 21.4. The molecule has 0 unspecified atom stereocenters. The van der Waals surface area contributed by atoms with Crippen LogP contribution in [0.15, 0.2) is 18.5 Å². The zero-order valence-electron chi connectivity index (χ0n) is 17.2. The highest BCUT2D eigenvalue weighted by Gasteiger charge is 2.61. The van der Waals surface area contributed by atoms with Gasteiger partial charge in [0.25, 0.3) is 0 Å². The predicted octanol–water partition coefficient (Wildman–Crippen LogP) is 1.43. The van der Waals surface area contributed by atoms with Crippen LogP contribution in [-0.2, 0) is 19.3 Å². The zero-order valence-corrected chi connectivity index (χ0v) is 18.0. The molecule has 3 aliphatic heterocycles. The first kappa shape index (κ1) is 18.9. The topological polar surface area (TPSA) is 123 Å². The van der Waals surface area contributed by atoms with Gasteiger partial charge < -0.3 is 19.4 Å². The molecule has 0 radical (unpaired) electrons. The van der Waals surface area contributed by atoms with Crippen LogP contribution in [0.3, 0.4) is 0 Å². The van der Waals surface area contributed by atoms with E-state index < -0.39 is 14.6 Å². The smallest absolute Gasteiger partial charge is 0.185 e. The van der Waals surface area contributed by atoms with Gasteiger partial charge in [-0.15, -0.1) is 5.10 Å². The molecule has 7 rings (SSSR count). The molecule has 1 atom stereocenters. The molecule has 0 amide bonds. The summed E-state index contributed by atoms with van der Waals surface area (Å²) in [5.74, 6) is 1.42. The van der Waals surface area contributed by atoms with Crippen LogP contribution in [0.1, 0.15) is 25.5 Å². The molecule has 31 heavy (non-hydrogen) atoms. The van der Waals surface area contributed by atoms with Crippen LogP contribution in [0, 0.1) is 0 Å². The van der Waals surface area contributed by atoms with Crippen molar-refractivity contribution in [2.75, 3.05) is 30.9 Å². The van der Waals surface area contributed by atoms with Gasteiger partial charge in [0.1, 0.15) is 22.2 Å². The second kappa shape index (κ2) is 6.36. The maximum atomic E-state index is 12.9. The normalized spacial score (nSPS) is 27.5. The van der Waals surface area contributed by atoms with Crippen molar-refractivity contribution in [1.82, 2.24) is 25.1 Å². The molecule has 6 heterocycles. The molecule has 2 fully saturated rings. The minimum Gasteiger partial charge on any atom is -0.484 e. The Hall–Kier alpha value is -2.79. The van der Waals surface area contributed by atoms with E-state index in [9.17, 15) is 8.42 Å². The highest BCUT2D eigenvalue weighted by molar-refractivity contribution is 7.91. The Morgan fingerprint density at radius 3 is 2.90 bits per heavy atom. The Balaban J connectivity index is 1.63. The molecule has 2 bridgehead atoms. The summed E-state index contributed by atoms with van der Waals surface area (Å²) in [6.45, 7) is 3.80. The number of nitrogens with one attached hydrogen (secondary N) is 1. The summed E-state index contributed by atoms with van der Waals surface area (Å²) in [4.78, 5) is 14.8. The molecule has 1 aliphatic carbocycles. The van der Waals surface area contributed by atoms with Crippen LogP contribution in [0.5, 0.6) is 5.75 Å². The third kappa shape index (κ3) is 2.62. The van der Waals surface area contributed by atoms with Crippen LogP contribution < -0.4 is 9.64 Å². The lowest BCUT2D eigenvalue weighted by Gasteiger charge is -2.51. The summed E-state index contributed by atoms with van der Waals surface area (Å²) < 4.78 is 36.5. The average Bonchev–Trinajstić information content (AvgIpc) is 3.20. The maximum Gasteiger partial charge on any atom is 0.185 e. The van der Waals surface area contributed by atoms with Crippen molar-refractivity contribution in [3.8, 4) is 17.3 Å². The summed E-state index contributed by atoms with van der Waals surface area (Å²) in [6.07, 6.45) is 5.41. The molecular weight excluding hydrogens is 420 g/mol. The van der Waals surface area contributed by atoms with Gasteiger partial charge in [0.05, 0.1) is 31.0 Å². The second-order valence-corrected chi connectivity index (χ2v) is 10.9. The molecular formula is C20H22N6O4S. The van der Waals surface area contributed by atoms with Crippen molar-refractivity contribution >= 4 is 26.6 Å². The third-order valence-corrected chi connectivity index (χ3v) is 8.56. The van der Waals surface area contributed by atoms with Gasteiger partial charge in [-0.05, 0) is 13.0 Å². The number of rotatable bonds is 3. The van der Waals surface area contributed by atoms with Crippen molar-refractivity contribution in [3.05, 3.63) is 24.2 Å². The number of H-pyrrole nitrogens is 1. The molecule has 1 N–H and O–H groups in total. The number of sulfone groups is 1. The number of ether oxygens (including phenoxy) is 2. The Labute approximate surface area is 178 Å². The summed E-state index contributed by atoms with van der Waals surface area (Å²) >= 11 is 0. The van der Waals surface area contributed by atoms with E-state index in [0.29, 0.717) is 61.4 Å². The maximum absolute atomic E-state index is 12.9. The van der Waals surface area contributed by atoms with E-state index in [-0.39, 0.29) is 12.1 Å². The first-order chi connectivity index (χ1) is 14.9. The molecule has 11 heteroatoms. The van der Waals surface area contributed by atoms with Crippen LogP contribution in [0.4, 0.5) is 5.82 Å². The fraction of sp³-hybridized carbons (Fsp3) is 0.500. The van der Waals surface area contributed by atoms with Crippen molar-refractivity contribution in [3.63, 3.8) is 0 Å². The van der Waals surface area contributed by atoms with E-state index >= 15 is 0 Å². The molecule has 162 valence electrons. The Morgan fingerprint density at radius 1 is 1.29 bits per heavy atom. The lowest BCUT2D eigenvalue weighted by molar-refractivity contribution is 0.0435. The lowest BCUT2D eigenvalue weighted by Crippen LogP contribution is -2.57. The summed E-state index contributed by atoms with van der Waals surface area (Å²) in [5, 5.41) is 9.21. The number of aromatic nitrogens is 5. The summed E-state index contributed by atoms with van der Waals surface area (Å²) in [5.41, 5.74) is 1.75. The summed E-state index contributed by atoms with van der Waals surface area (Å²) in [7, 11) is -3.42. The molecule has 1 saturated carbocycles. The van der Waals surface area contributed by atoms with E-state index in [2.05, 4.69) is 27.0 Å². The van der Waals surface area contributed by atoms with Gasteiger partial charge in [-0.1, -0.05) is 0 Å². The molecule has 0 spiro atoms. The monoisotopic (exact) mass is 442 g/mol. The van der Waals surface area contributed by atoms with E-state index in [0.717, 1.165) is 10.9 Å². The second-order valence-electron chi connectivity index (χ2n) is 8.58. The molecule has 1 saturated heterocycles. The first-order valence-electron chi connectivity index (χ1n) is 10.3. The van der Waals surface area contributed by atoms with Crippen molar-refractivity contribution in [2.24, 2.45) is 0 Å². The minimum absolute atomic E-state index is 0.0609. The summed E-state index contributed by atoms with van der Waals surface area (Å²) in [6, 6.07) is 1.95. The van der Waals surface area contributed by atoms with E-state index in [4.69, 9.17) is 19.4 Å². The van der Waals surface area contributed by atoms with Gasteiger partial charge in [0.15, 0.2) is 27.2 Å². The molecule has 3 aromatic heterocycles. The van der Waals surface area contributed by atoms with Crippen LogP contribution in [0.25, 0.3) is 22.4 Å². The molecule has 3 aromatic rings. The van der Waals surface area contributed by atoms with Crippen molar-refractivity contribution in [1.29, 1.82) is 0 Å². The number of hydrogen-bond acceptors (Lipinski definition) is 9. The average molecular weight is 443 g/mol. The minimum atomic E-state index is -3.42. The van der Waals surface area contributed by atoms with E-state index in [1.165, 1.54) is 6.26 Å². The SMILES string of the molecule is C[C@@H]1COCCN1c1nc(-c2nncc3[nH]ccc23)nc2c1OC1CC2(S(C)(=O)=O)C1. The van der Waals surface area contributed by atoms with Gasteiger partial charge in [-0.25, -0.2) is 18.4 Å². The Bertz CT molecular complexity index is 1300. The first-order valence-corrected chi connectivity index (χ1v) is 12.2. The van der Waals surface area contributed by atoms with E-state index in [1.54, 1.807) is 12.4 Å². The van der Waals surface area contributed by atoms with Gasteiger partial charge in [-0.3, -0.25) is 0 Å². The quantitative estimate of drug-likeness (QED) is 0.641. The highest BCUT2D eigenvalue weighted by atomic mass is 32.2. The number of fused-ring (bicyclic) bond motifs is 1. The highest BCUT2D eigenvalue weighted by Crippen LogP contribution is 2.58. The van der Waals surface area contributed by atoms with Gasteiger partial charge in [0.2, 0.25) is 0 Å². The third-order valence-electron chi connectivity index (χ3n) is 6.62. The van der Waals surface area contributed by atoms with Gasteiger partial charge >= 0.3 is 0 Å². The molecule has 10 nitrogen and oxygen atoms in total. The van der Waals surface area contributed by atoms with Crippen LogP contribution in [-0.4, -0.2) is 71.7 Å². The number of anilines is 1. The van der Waals surface area contributed by atoms with Gasteiger partial charge in [0, 0.05) is 37.2 Å². The number of morpholine rings is 1. The number of hydrogen-bond donors (Lipinski definition) is 1. The van der Waals surface area contributed by atoms with Crippen LogP contribution >= 0.6 is 0 Å². The van der Waals surface area contributed by atoms with Crippen LogP contribution in [0.2, 0.25) is 0 Å². The Morgan fingerprint density at radius 2 is 2.13 bits per heavy atom. The Kier molecular flexibility index (Phi) is 3.89.